The smallest absolute Gasteiger partial charge is 0.101 e. The Bertz CT molecular complexity index is 584. The van der Waals surface area contributed by atoms with Crippen LogP contribution in [0.3, 0.4) is 0 Å². The average Bonchev–Trinajstić information content (AvgIpc) is 2.42. The van der Waals surface area contributed by atoms with E-state index in [4.69, 9.17) is 34.8 Å². The van der Waals surface area contributed by atoms with Crippen molar-refractivity contribution in [1.82, 2.24) is 0 Å². The molecule has 0 radical (unpaired) electrons. The molecule has 2 aromatic rings. The van der Waals surface area contributed by atoms with E-state index in [0.717, 1.165) is 18.0 Å². The molecule has 0 amide bonds. The van der Waals surface area contributed by atoms with Gasteiger partial charge in [0.25, 0.3) is 0 Å². The summed E-state index contributed by atoms with van der Waals surface area (Å²) in [5, 5.41) is 15.3. The van der Waals surface area contributed by atoms with E-state index in [1.165, 1.54) is 11.6 Å². The fourth-order valence-corrected chi connectivity index (χ4v) is 2.60. The van der Waals surface area contributed by atoms with Gasteiger partial charge in [0.15, 0.2) is 0 Å². The van der Waals surface area contributed by atoms with E-state index >= 15 is 0 Å². The van der Waals surface area contributed by atoms with Crippen LogP contribution in [0.15, 0.2) is 36.4 Å². The maximum absolute atomic E-state index is 11.8. The van der Waals surface area contributed by atoms with Gasteiger partial charge < -0.3 is 10.4 Å². The molecule has 2 nitrogen and oxygen atoms in total. The highest BCUT2D eigenvalue weighted by Gasteiger charge is 2.03. The zero-order valence-corrected chi connectivity index (χ0v) is 13.0. The summed E-state index contributed by atoms with van der Waals surface area (Å²) in [5.74, 6) is -0.140. The van der Waals surface area contributed by atoms with Crippen LogP contribution in [-0.4, -0.2) is 6.54 Å². The van der Waals surface area contributed by atoms with E-state index < -0.39 is 0 Å². The third-order valence-electron chi connectivity index (χ3n) is 3.00. The van der Waals surface area contributed by atoms with Crippen molar-refractivity contribution in [2.45, 2.75) is 13.0 Å². The van der Waals surface area contributed by atoms with Crippen molar-refractivity contribution in [3.05, 3.63) is 62.6 Å². The molecule has 0 atom stereocenters. The van der Waals surface area contributed by atoms with E-state index in [1.54, 1.807) is 6.07 Å². The van der Waals surface area contributed by atoms with Crippen LogP contribution in [0.25, 0.3) is 0 Å². The first-order valence-electron chi connectivity index (χ1n) is 6.27. The quantitative estimate of drug-likeness (QED) is 0.841. The van der Waals surface area contributed by atoms with Crippen LogP contribution < -0.4 is 10.4 Å². The van der Waals surface area contributed by atoms with Crippen molar-refractivity contribution in [3.8, 4) is 5.75 Å². The molecular weight excluding hydrogens is 317 g/mol. The molecule has 0 aromatic heterocycles. The number of quaternary nitrogens is 1. The van der Waals surface area contributed by atoms with Gasteiger partial charge in [-0.1, -0.05) is 52.7 Å². The van der Waals surface area contributed by atoms with Crippen molar-refractivity contribution >= 4 is 34.8 Å². The first kappa shape index (κ1) is 15.5. The summed E-state index contributed by atoms with van der Waals surface area (Å²) in [5.41, 5.74) is 1.86. The summed E-state index contributed by atoms with van der Waals surface area (Å²) >= 11 is 17.5. The lowest BCUT2D eigenvalue weighted by atomic mass is 10.1. The number of benzene rings is 2. The Balaban J connectivity index is 1.86. The van der Waals surface area contributed by atoms with Gasteiger partial charge in [-0.15, -0.1) is 0 Å². The maximum Gasteiger partial charge on any atom is 0.101 e. The monoisotopic (exact) mass is 329 g/mol. The summed E-state index contributed by atoms with van der Waals surface area (Å²) in [6, 6.07) is 10.9. The maximum atomic E-state index is 11.8. The highest BCUT2D eigenvalue weighted by Crippen LogP contribution is 2.28. The summed E-state index contributed by atoms with van der Waals surface area (Å²) in [4.78, 5) is 0. The molecule has 5 heteroatoms. The third-order valence-corrected chi connectivity index (χ3v) is 3.75. The topological polar surface area (TPSA) is 39.7 Å². The number of halogens is 3. The summed E-state index contributed by atoms with van der Waals surface area (Å²) in [6.07, 6.45) is 0.916. The lowest BCUT2D eigenvalue weighted by Gasteiger charge is -2.15. The predicted octanol–water partition coefficient (Wildman–Crippen LogP) is 3.03. The normalized spacial score (nSPS) is 10.8. The van der Waals surface area contributed by atoms with E-state index in [-0.39, 0.29) is 10.8 Å². The number of hydrogen-bond donors (Lipinski definition) is 1. The zero-order valence-electron chi connectivity index (χ0n) is 10.7. The Hall–Kier alpha value is -0.930. The molecule has 0 aliphatic rings. The van der Waals surface area contributed by atoms with Gasteiger partial charge in [-0.25, -0.2) is 0 Å². The van der Waals surface area contributed by atoms with Gasteiger partial charge in [0.05, 0.1) is 6.54 Å². The largest absolute Gasteiger partial charge is 0.871 e. The molecule has 106 valence electrons. The number of rotatable bonds is 5. The highest BCUT2D eigenvalue weighted by atomic mass is 35.5. The molecular formula is C15H14Cl3NO. The fourth-order valence-electron chi connectivity index (χ4n) is 1.94. The van der Waals surface area contributed by atoms with Gasteiger partial charge >= 0.3 is 0 Å². The zero-order chi connectivity index (χ0) is 14.5. The van der Waals surface area contributed by atoms with Crippen molar-refractivity contribution in [2.75, 3.05) is 6.54 Å². The minimum Gasteiger partial charge on any atom is -0.871 e. The van der Waals surface area contributed by atoms with E-state index in [0.29, 0.717) is 17.1 Å². The van der Waals surface area contributed by atoms with Gasteiger partial charge in [0.1, 0.15) is 6.54 Å². The molecule has 0 saturated heterocycles. The fraction of sp³-hybridized carbons (Fsp3) is 0.200. The summed E-state index contributed by atoms with van der Waals surface area (Å²) in [7, 11) is 0. The average molecular weight is 331 g/mol. The lowest BCUT2D eigenvalue weighted by molar-refractivity contribution is -0.670. The Kier molecular flexibility index (Phi) is 5.55. The van der Waals surface area contributed by atoms with Crippen molar-refractivity contribution in [3.63, 3.8) is 0 Å². The van der Waals surface area contributed by atoms with E-state index in [1.807, 2.05) is 24.3 Å². The van der Waals surface area contributed by atoms with Crippen molar-refractivity contribution < 1.29 is 10.4 Å². The first-order chi connectivity index (χ1) is 9.56. The highest BCUT2D eigenvalue weighted by molar-refractivity contribution is 6.35. The summed E-state index contributed by atoms with van der Waals surface area (Å²) < 4.78 is 0. The number of nitrogens with two attached hydrogens (primary N) is 1. The van der Waals surface area contributed by atoms with Crippen LogP contribution in [0, 0.1) is 0 Å². The van der Waals surface area contributed by atoms with E-state index in [9.17, 15) is 5.11 Å². The number of hydrogen-bond acceptors (Lipinski definition) is 1. The Morgan fingerprint density at radius 1 is 0.950 bits per heavy atom. The Morgan fingerprint density at radius 3 is 2.35 bits per heavy atom. The molecule has 0 fully saturated rings. The SMILES string of the molecule is [O-]c1c(Cl)cc(Cl)cc1C[NH2+]CCc1ccc(Cl)cc1. The molecule has 0 unspecified atom stereocenters. The Morgan fingerprint density at radius 2 is 1.65 bits per heavy atom. The van der Waals surface area contributed by atoms with Crippen LogP contribution in [0.4, 0.5) is 0 Å². The molecule has 20 heavy (non-hydrogen) atoms. The molecule has 0 spiro atoms. The van der Waals surface area contributed by atoms with Crippen LogP contribution in [0.2, 0.25) is 15.1 Å². The first-order valence-corrected chi connectivity index (χ1v) is 7.40. The van der Waals surface area contributed by atoms with Crippen molar-refractivity contribution in [1.29, 1.82) is 0 Å². The predicted molar refractivity (Wildman–Crippen MR) is 81.6 cm³/mol. The van der Waals surface area contributed by atoms with E-state index in [2.05, 4.69) is 5.32 Å². The van der Waals surface area contributed by atoms with Crippen LogP contribution in [0.1, 0.15) is 11.1 Å². The van der Waals surface area contributed by atoms with Crippen LogP contribution in [0.5, 0.6) is 5.75 Å². The second-order valence-corrected chi connectivity index (χ2v) is 5.81. The molecule has 0 bridgehead atoms. The Labute approximate surface area is 133 Å². The molecule has 0 aliphatic carbocycles. The molecule has 0 aliphatic heterocycles. The summed E-state index contributed by atoms with van der Waals surface area (Å²) in [6.45, 7) is 1.46. The lowest BCUT2D eigenvalue weighted by Crippen LogP contribution is -2.83. The molecule has 0 saturated carbocycles. The minimum absolute atomic E-state index is 0.140. The molecule has 2 aromatic carbocycles. The van der Waals surface area contributed by atoms with Gasteiger partial charge in [0.2, 0.25) is 0 Å². The van der Waals surface area contributed by atoms with Gasteiger partial charge in [-0.3, -0.25) is 0 Å². The van der Waals surface area contributed by atoms with Crippen LogP contribution in [-0.2, 0) is 13.0 Å². The molecule has 2 N–H and O–H groups in total. The van der Waals surface area contributed by atoms with Crippen molar-refractivity contribution in [2.24, 2.45) is 0 Å². The second kappa shape index (κ2) is 7.19. The molecule has 0 heterocycles. The van der Waals surface area contributed by atoms with Crippen LogP contribution >= 0.6 is 34.8 Å². The van der Waals surface area contributed by atoms with Gasteiger partial charge in [-0.05, 0) is 29.8 Å². The third kappa shape index (κ3) is 4.29. The standard InChI is InChI=1S/C15H14Cl3NO/c16-12-3-1-10(2-4-12)5-6-19-9-11-7-13(17)8-14(18)15(11)20/h1-4,7-8,19-20H,5-6,9H2. The second-order valence-electron chi connectivity index (χ2n) is 4.53. The van der Waals surface area contributed by atoms with Gasteiger partial charge in [0, 0.05) is 27.1 Å². The molecule has 2 rings (SSSR count). The minimum atomic E-state index is -0.140. The van der Waals surface area contributed by atoms with Gasteiger partial charge in [-0.2, -0.15) is 0 Å².